The molecule has 0 amide bonds. The zero-order valence-electron chi connectivity index (χ0n) is 13.8. The molecule has 21 heavy (non-hydrogen) atoms. The van der Waals surface area contributed by atoms with Gasteiger partial charge in [0, 0.05) is 12.6 Å². The Morgan fingerprint density at radius 1 is 1.29 bits per heavy atom. The van der Waals surface area contributed by atoms with Gasteiger partial charge in [-0.25, -0.2) is 4.39 Å². The second kappa shape index (κ2) is 7.40. The average Bonchev–Trinajstić information content (AvgIpc) is 3.29. The first kappa shape index (κ1) is 16.5. The molecule has 0 aliphatic heterocycles. The maximum absolute atomic E-state index is 13.3. The van der Waals surface area contributed by atoms with Crippen molar-refractivity contribution in [3.05, 3.63) is 35.1 Å². The molecule has 0 spiro atoms. The fourth-order valence-electron chi connectivity index (χ4n) is 3.13. The van der Waals surface area contributed by atoms with E-state index in [2.05, 4.69) is 19.2 Å². The molecule has 0 aromatic heterocycles. The molecule has 2 rings (SSSR count). The van der Waals surface area contributed by atoms with Crippen LogP contribution in [0.4, 0.5) is 4.39 Å². The number of rotatable bonds is 9. The monoisotopic (exact) mass is 291 g/mol. The SMILES string of the molecule is CCCCC(CC)(CNC1CC1)Cc1ccc(F)cc1C. The first-order valence-electron chi connectivity index (χ1n) is 8.57. The van der Waals surface area contributed by atoms with E-state index in [1.54, 1.807) is 12.1 Å². The van der Waals surface area contributed by atoms with E-state index < -0.39 is 0 Å². The van der Waals surface area contributed by atoms with Crippen LogP contribution < -0.4 is 5.32 Å². The molecule has 2 heteroatoms. The van der Waals surface area contributed by atoms with Gasteiger partial charge in [-0.2, -0.15) is 0 Å². The Hall–Kier alpha value is -0.890. The summed E-state index contributed by atoms with van der Waals surface area (Å²) < 4.78 is 13.3. The molecular weight excluding hydrogens is 261 g/mol. The van der Waals surface area contributed by atoms with Gasteiger partial charge in [0.1, 0.15) is 5.82 Å². The van der Waals surface area contributed by atoms with Gasteiger partial charge in [-0.3, -0.25) is 0 Å². The van der Waals surface area contributed by atoms with E-state index in [1.807, 2.05) is 13.0 Å². The summed E-state index contributed by atoms with van der Waals surface area (Å²) in [5.41, 5.74) is 2.73. The third-order valence-corrected chi connectivity index (χ3v) is 5.02. The summed E-state index contributed by atoms with van der Waals surface area (Å²) in [7, 11) is 0. The molecule has 1 unspecified atom stereocenters. The molecule has 1 aliphatic rings. The van der Waals surface area contributed by atoms with Crippen molar-refractivity contribution < 1.29 is 4.39 Å². The lowest BCUT2D eigenvalue weighted by Gasteiger charge is -2.34. The first-order chi connectivity index (χ1) is 10.1. The molecule has 1 fully saturated rings. The molecule has 118 valence electrons. The zero-order chi connectivity index (χ0) is 15.3. The summed E-state index contributed by atoms with van der Waals surface area (Å²) in [5.74, 6) is -0.122. The van der Waals surface area contributed by atoms with Crippen molar-refractivity contribution in [2.75, 3.05) is 6.54 Å². The second-order valence-electron chi connectivity index (χ2n) is 6.86. The van der Waals surface area contributed by atoms with Crippen molar-refractivity contribution >= 4 is 0 Å². The normalized spacial score (nSPS) is 17.7. The van der Waals surface area contributed by atoms with Gasteiger partial charge >= 0.3 is 0 Å². The summed E-state index contributed by atoms with van der Waals surface area (Å²) in [6.45, 7) is 7.71. The number of hydrogen-bond donors (Lipinski definition) is 1. The highest BCUT2D eigenvalue weighted by atomic mass is 19.1. The van der Waals surface area contributed by atoms with Crippen LogP contribution in [0.1, 0.15) is 63.5 Å². The molecule has 0 bridgehead atoms. The predicted octanol–water partition coefficient (Wildman–Crippen LogP) is 5.02. The topological polar surface area (TPSA) is 12.0 Å². The van der Waals surface area contributed by atoms with E-state index in [4.69, 9.17) is 0 Å². The van der Waals surface area contributed by atoms with Crippen LogP contribution in [0.25, 0.3) is 0 Å². The van der Waals surface area contributed by atoms with Crippen LogP contribution in [0.3, 0.4) is 0 Å². The zero-order valence-corrected chi connectivity index (χ0v) is 13.8. The van der Waals surface area contributed by atoms with Crippen molar-refractivity contribution in [3.63, 3.8) is 0 Å². The Morgan fingerprint density at radius 3 is 2.62 bits per heavy atom. The lowest BCUT2D eigenvalue weighted by Crippen LogP contribution is -2.37. The minimum absolute atomic E-state index is 0.122. The molecule has 0 radical (unpaired) electrons. The van der Waals surface area contributed by atoms with E-state index in [9.17, 15) is 4.39 Å². The van der Waals surface area contributed by atoms with Crippen LogP contribution in [0.15, 0.2) is 18.2 Å². The van der Waals surface area contributed by atoms with Crippen molar-refractivity contribution in [2.24, 2.45) is 5.41 Å². The number of halogens is 1. The van der Waals surface area contributed by atoms with Crippen LogP contribution in [0.5, 0.6) is 0 Å². The second-order valence-corrected chi connectivity index (χ2v) is 6.86. The minimum atomic E-state index is -0.122. The van der Waals surface area contributed by atoms with Crippen LogP contribution in [-0.2, 0) is 6.42 Å². The summed E-state index contributed by atoms with van der Waals surface area (Å²) in [4.78, 5) is 0. The predicted molar refractivity (Wildman–Crippen MR) is 88.1 cm³/mol. The Morgan fingerprint density at radius 2 is 2.05 bits per heavy atom. The summed E-state index contributed by atoms with van der Waals surface area (Å²) >= 11 is 0. The lowest BCUT2D eigenvalue weighted by molar-refractivity contribution is 0.228. The van der Waals surface area contributed by atoms with Crippen molar-refractivity contribution in [3.8, 4) is 0 Å². The number of hydrogen-bond acceptors (Lipinski definition) is 1. The van der Waals surface area contributed by atoms with Gasteiger partial charge in [-0.05, 0) is 67.7 Å². The number of benzene rings is 1. The quantitative estimate of drug-likeness (QED) is 0.674. The molecule has 1 N–H and O–H groups in total. The molecular formula is C19H30FN. The average molecular weight is 291 g/mol. The Labute approximate surface area is 129 Å². The fourth-order valence-corrected chi connectivity index (χ4v) is 3.13. The third kappa shape index (κ3) is 4.81. The van der Waals surface area contributed by atoms with E-state index in [-0.39, 0.29) is 5.82 Å². The maximum atomic E-state index is 13.3. The largest absolute Gasteiger partial charge is 0.313 e. The fraction of sp³-hybridized carbons (Fsp3) is 0.684. The maximum Gasteiger partial charge on any atom is 0.123 e. The molecule has 1 saturated carbocycles. The molecule has 1 nitrogen and oxygen atoms in total. The van der Waals surface area contributed by atoms with E-state index in [1.165, 1.54) is 44.1 Å². The van der Waals surface area contributed by atoms with Crippen LogP contribution in [0.2, 0.25) is 0 Å². The van der Waals surface area contributed by atoms with Gasteiger partial charge in [0.2, 0.25) is 0 Å². The van der Waals surface area contributed by atoms with Crippen molar-refractivity contribution in [1.82, 2.24) is 5.32 Å². The first-order valence-corrected chi connectivity index (χ1v) is 8.57. The minimum Gasteiger partial charge on any atom is -0.313 e. The Kier molecular flexibility index (Phi) is 5.80. The molecule has 1 aliphatic carbocycles. The molecule has 1 aromatic rings. The van der Waals surface area contributed by atoms with Crippen LogP contribution in [0, 0.1) is 18.2 Å². The van der Waals surface area contributed by atoms with Crippen LogP contribution in [-0.4, -0.2) is 12.6 Å². The van der Waals surface area contributed by atoms with E-state index in [0.717, 1.165) is 24.6 Å². The van der Waals surface area contributed by atoms with Gasteiger partial charge in [-0.15, -0.1) is 0 Å². The van der Waals surface area contributed by atoms with Gasteiger partial charge in [0.05, 0.1) is 0 Å². The highest BCUT2D eigenvalue weighted by molar-refractivity contribution is 5.27. The Bertz CT molecular complexity index is 453. The summed E-state index contributed by atoms with van der Waals surface area (Å²) in [6.07, 6.45) is 8.70. The molecule has 0 saturated heterocycles. The van der Waals surface area contributed by atoms with Crippen LogP contribution >= 0.6 is 0 Å². The summed E-state index contributed by atoms with van der Waals surface area (Å²) in [6, 6.07) is 6.02. The number of unbranched alkanes of at least 4 members (excludes halogenated alkanes) is 1. The third-order valence-electron chi connectivity index (χ3n) is 5.02. The van der Waals surface area contributed by atoms with Crippen molar-refractivity contribution in [2.45, 2.75) is 71.8 Å². The lowest BCUT2D eigenvalue weighted by atomic mass is 9.74. The Balaban J connectivity index is 2.11. The van der Waals surface area contributed by atoms with Gasteiger partial charge in [-0.1, -0.05) is 32.8 Å². The highest BCUT2D eigenvalue weighted by Crippen LogP contribution is 2.35. The number of aryl methyl sites for hydroxylation is 1. The van der Waals surface area contributed by atoms with Gasteiger partial charge in [0.25, 0.3) is 0 Å². The van der Waals surface area contributed by atoms with E-state index >= 15 is 0 Å². The van der Waals surface area contributed by atoms with Gasteiger partial charge < -0.3 is 5.32 Å². The molecule has 1 aromatic carbocycles. The van der Waals surface area contributed by atoms with Gasteiger partial charge in [0.15, 0.2) is 0 Å². The number of nitrogens with one attached hydrogen (secondary N) is 1. The standard InChI is InChI=1S/C19H30FN/c1-4-6-11-19(5-2,14-21-18-9-10-18)13-16-7-8-17(20)12-15(16)3/h7-8,12,18,21H,4-6,9-11,13-14H2,1-3H3. The van der Waals surface area contributed by atoms with E-state index in [0.29, 0.717) is 5.41 Å². The smallest absolute Gasteiger partial charge is 0.123 e. The molecule has 1 atom stereocenters. The summed E-state index contributed by atoms with van der Waals surface area (Å²) in [5, 5.41) is 3.73. The van der Waals surface area contributed by atoms with Crippen molar-refractivity contribution in [1.29, 1.82) is 0 Å². The molecule has 0 heterocycles. The highest BCUT2D eigenvalue weighted by Gasteiger charge is 2.31.